The number of likely N-dealkylation sites (tertiary alicyclic amines) is 1. The van der Waals surface area contributed by atoms with E-state index >= 15 is 0 Å². The highest BCUT2D eigenvalue weighted by atomic mass is 16.5. The fraction of sp³-hybridized carbons (Fsp3) is 0.375. The smallest absolute Gasteiger partial charge is 0.260 e. The van der Waals surface area contributed by atoms with Crippen LogP contribution < -0.4 is 10.1 Å². The molecule has 0 bridgehead atoms. The zero-order chi connectivity index (χ0) is 18.6. The summed E-state index contributed by atoms with van der Waals surface area (Å²) < 4.78 is 6.92. The number of ether oxygens (including phenoxy) is 1. The number of carbonyl (C=O) groups is 1. The second-order valence-corrected chi connectivity index (χ2v) is 6.11. The van der Waals surface area contributed by atoms with Crippen LogP contribution >= 0.6 is 0 Å². The summed E-state index contributed by atoms with van der Waals surface area (Å²) in [6, 6.07) is 4.84. The highest BCUT2D eigenvalue weighted by Gasteiger charge is 2.30. The molecule has 11 nitrogen and oxygen atoms in total. The molecule has 0 unspecified atom stereocenters. The Hall–Kier alpha value is -3.34. The van der Waals surface area contributed by atoms with Crippen molar-refractivity contribution in [2.45, 2.75) is 18.6 Å². The van der Waals surface area contributed by atoms with Crippen molar-refractivity contribution in [2.24, 2.45) is 0 Å². The van der Waals surface area contributed by atoms with Gasteiger partial charge in [-0.2, -0.15) is 4.52 Å². The Kier molecular flexibility index (Phi) is 4.75. The summed E-state index contributed by atoms with van der Waals surface area (Å²) in [5.41, 5.74) is 0.591. The third kappa shape index (κ3) is 3.92. The Morgan fingerprint density at radius 2 is 2.19 bits per heavy atom. The minimum Gasteiger partial charge on any atom is -0.467 e. The summed E-state index contributed by atoms with van der Waals surface area (Å²) in [4.78, 5) is 22.1. The SMILES string of the molecule is O=C(COc1ccc2nncn2n1)N1CC[C@@H](Nc2ncccn2)[C@H](O)C1. The van der Waals surface area contributed by atoms with Crippen molar-refractivity contribution >= 4 is 17.5 Å². The fourth-order valence-electron chi connectivity index (χ4n) is 2.88. The van der Waals surface area contributed by atoms with Crippen LogP contribution in [-0.2, 0) is 4.79 Å². The first-order chi connectivity index (χ1) is 13.2. The highest BCUT2D eigenvalue weighted by molar-refractivity contribution is 5.78. The van der Waals surface area contributed by atoms with E-state index in [1.54, 1.807) is 35.5 Å². The predicted octanol–water partition coefficient (Wildman–Crippen LogP) is -0.633. The van der Waals surface area contributed by atoms with Crippen LogP contribution in [0, 0.1) is 0 Å². The van der Waals surface area contributed by atoms with E-state index in [0.29, 0.717) is 30.4 Å². The average molecular weight is 370 g/mol. The van der Waals surface area contributed by atoms with Gasteiger partial charge in [0, 0.05) is 31.5 Å². The van der Waals surface area contributed by atoms with Crippen molar-refractivity contribution in [3.8, 4) is 5.88 Å². The van der Waals surface area contributed by atoms with E-state index in [1.165, 1.54) is 10.8 Å². The molecule has 4 heterocycles. The van der Waals surface area contributed by atoms with E-state index in [1.807, 2.05) is 0 Å². The number of aliphatic hydroxyl groups is 1. The number of hydrogen-bond acceptors (Lipinski definition) is 9. The number of rotatable bonds is 5. The Labute approximate surface area is 154 Å². The van der Waals surface area contributed by atoms with Gasteiger partial charge in [-0.15, -0.1) is 15.3 Å². The maximum atomic E-state index is 12.4. The van der Waals surface area contributed by atoms with Crippen LogP contribution in [0.25, 0.3) is 5.65 Å². The molecule has 1 fully saturated rings. The van der Waals surface area contributed by atoms with Crippen molar-refractivity contribution < 1.29 is 14.6 Å². The largest absolute Gasteiger partial charge is 0.467 e. The van der Waals surface area contributed by atoms with Gasteiger partial charge < -0.3 is 20.1 Å². The zero-order valence-corrected chi connectivity index (χ0v) is 14.3. The number of nitrogens with zero attached hydrogens (tertiary/aromatic N) is 7. The number of fused-ring (bicyclic) bond motifs is 1. The van der Waals surface area contributed by atoms with Gasteiger partial charge in [-0.3, -0.25) is 4.79 Å². The third-order valence-corrected chi connectivity index (χ3v) is 4.30. The van der Waals surface area contributed by atoms with Crippen molar-refractivity contribution in [1.29, 1.82) is 0 Å². The Balaban J connectivity index is 1.29. The van der Waals surface area contributed by atoms with E-state index < -0.39 is 6.10 Å². The number of β-amino-alcohol motifs (C(OH)–C–C–N with tert-alkyl or cyclic N) is 1. The first-order valence-corrected chi connectivity index (χ1v) is 8.48. The highest BCUT2D eigenvalue weighted by Crippen LogP contribution is 2.15. The second-order valence-electron chi connectivity index (χ2n) is 6.11. The minimum atomic E-state index is -0.724. The molecule has 2 atom stereocenters. The Morgan fingerprint density at radius 3 is 3.00 bits per heavy atom. The van der Waals surface area contributed by atoms with Crippen LogP contribution in [0.5, 0.6) is 5.88 Å². The summed E-state index contributed by atoms with van der Waals surface area (Å²) in [7, 11) is 0. The molecule has 140 valence electrons. The summed E-state index contributed by atoms with van der Waals surface area (Å²) in [6.45, 7) is 0.555. The number of aliphatic hydroxyl groups excluding tert-OH is 1. The molecule has 3 aromatic rings. The van der Waals surface area contributed by atoms with Crippen LogP contribution in [0.4, 0.5) is 5.95 Å². The fourth-order valence-corrected chi connectivity index (χ4v) is 2.88. The third-order valence-electron chi connectivity index (χ3n) is 4.30. The van der Waals surface area contributed by atoms with Crippen LogP contribution in [0.2, 0.25) is 0 Å². The number of piperidine rings is 1. The van der Waals surface area contributed by atoms with Gasteiger partial charge >= 0.3 is 0 Å². The Bertz CT molecular complexity index is 918. The molecular weight excluding hydrogens is 352 g/mol. The molecule has 3 aromatic heterocycles. The van der Waals surface area contributed by atoms with Gasteiger partial charge in [0.25, 0.3) is 5.91 Å². The van der Waals surface area contributed by atoms with Crippen LogP contribution in [0.1, 0.15) is 6.42 Å². The van der Waals surface area contributed by atoms with Crippen LogP contribution in [0.15, 0.2) is 36.9 Å². The topological polar surface area (TPSA) is 131 Å². The van der Waals surface area contributed by atoms with E-state index in [9.17, 15) is 9.90 Å². The lowest BCUT2D eigenvalue weighted by Gasteiger charge is -2.36. The Morgan fingerprint density at radius 1 is 1.33 bits per heavy atom. The quantitative estimate of drug-likeness (QED) is 0.602. The molecule has 1 aliphatic heterocycles. The number of hydrogen-bond donors (Lipinski definition) is 2. The normalized spacial score (nSPS) is 19.8. The molecule has 0 aromatic carbocycles. The lowest BCUT2D eigenvalue weighted by atomic mass is 10.0. The maximum Gasteiger partial charge on any atom is 0.260 e. The van der Waals surface area contributed by atoms with Gasteiger partial charge in [0.05, 0.1) is 12.1 Å². The summed E-state index contributed by atoms with van der Waals surface area (Å²) in [5.74, 6) is 0.545. The number of anilines is 1. The molecule has 0 aliphatic carbocycles. The summed E-state index contributed by atoms with van der Waals surface area (Å²) in [6.07, 6.45) is 4.56. The average Bonchev–Trinajstić information content (AvgIpc) is 3.16. The van der Waals surface area contributed by atoms with Crippen molar-refractivity contribution in [1.82, 2.24) is 34.7 Å². The van der Waals surface area contributed by atoms with Gasteiger partial charge in [-0.1, -0.05) is 0 Å². The minimum absolute atomic E-state index is 0.159. The first-order valence-electron chi connectivity index (χ1n) is 8.48. The molecule has 0 spiro atoms. The van der Waals surface area contributed by atoms with Crippen molar-refractivity contribution in [3.05, 3.63) is 36.9 Å². The molecular formula is C16H18N8O3. The van der Waals surface area contributed by atoms with Crippen molar-refractivity contribution in [2.75, 3.05) is 25.0 Å². The van der Waals surface area contributed by atoms with E-state index in [2.05, 4.69) is 30.6 Å². The molecule has 1 saturated heterocycles. The van der Waals surface area contributed by atoms with Gasteiger partial charge in [-0.05, 0) is 18.6 Å². The summed E-state index contributed by atoms with van der Waals surface area (Å²) >= 11 is 0. The lowest BCUT2D eigenvalue weighted by Crippen LogP contribution is -2.52. The van der Waals surface area contributed by atoms with Gasteiger partial charge in [0.1, 0.15) is 6.33 Å². The van der Waals surface area contributed by atoms with Gasteiger partial charge in [-0.25, -0.2) is 9.97 Å². The zero-order valence-electron chi connectivity index (χ0n) is 14.3. The predicted molar refractivity (Wildman–Crippen MR) is 92.9 cm³/mol. The maximum absolute atomic E-state index is 12.4. The summed E-state index contributed by atoms with van der Waals surface area (Å²) in [5, 5.41) is 25.2. The van der Waals surface area contributed by atoms with Gasteiger partial charge in [0.2, 0.25) is 11.8 Å². The molecule has 0 radical (unpaired) electrons. The van der Waals surface area contributed by atoms with E-state index in [0.717, 1.165) is 0 Å². The van der Waals surface area contributed by atoms with Gasteiger partial charge in [0.15, 0.2) is 12.3 Å². The standard InChI is InChI=1S/C16H18N8O3/c25-12-8-23(7-4-11(12)20-16-17-5-1-6-18-16)15(26)9-27-14-3-2-13-21-19-10-24(13)22-14/h1-3,5-6,10-12,25H,4,7-9H2,(H,17,18,20)/t11-,12-/m1/s1. The lowest BCUT2D eigenvalue weighted by molar-refractivity contribution is -0.136. The number of amides is 1. The molecule has 4 rings (SSSR count). The van der Waals surface area contributed by atoms with Crippen molar-refractivity contribution in [3.63, 3.8) is 0 Å². The molecule has 2 N–H and O–H groups in total. The van der Waals surface area contributed by atoms with E-state index in [-0.39, 0.29) is 25.1 Å². The number of nitrogens with one attached hydrogen (secondary N) is 1. The van der Waals surface area contributed by atoms with Crippen LogP contribution in [-0.4, -0.2) is 77.5 Å². The molecule has 27 heavy (non-hydrogen) atoms. The molecule has 1 amide bonds. The molecule has 11 heteroatoms. The second kappa shape index (κ2) is 7.50. The van der Waals surface area contributed by atoms with Crippen LogP contribution in [0.3, 0.4) is 0 Å². The van der Waals surface area contributed by atoms with E-state index in [4.69, 9.17) is 4.74 Å². The molecule has 0 saturated carbocycles. The number of carbonyl (C=O) groups excluding carboxylic acids is 1. The number of aromatic nitrogens is 6. The first kappa shape index (κ1) is 17.1. The monoisotopic (exact) mass is 370 g/mol. The molecule has 1 aliphatic rings.